The summed E-state index contributed by atoms with van der Waals surface area (Å²) in [6.45, 7) is 4.17. The monoisotopic (exact) mass is 384 g/mol. The predicted molar refractivity (Wildman–Crippen MR) is 109 cm³/mol. The van der Waals surface area contributed by atoms with Crippen LogP contribution in [0.3, 0.4) is 0 Å². The van der Waals surface area contributed by atoms with E-state index in [1.807, 2.05) is 23.1 Å². The number of piperazine rings is 1. The van der Waals surface area contributed by atoms with Crippen molar-refractivity contribution in [1.29, 1.82) is 0 Å². The second-order valence-corrected chi connectivity index (χ2v) is 8.65. The summed E-state index contributed by atoms with van der Waals surface area (Å²) in [5, 5.41) is 3.22. The van der Waals surface area contributed by atoms with Gasteiger partial charge in [0.05, 0.1) is 11.2 Å². The van der Waals surface area contributed by atoms with Gasteiger partial charge in [-0.15, -0.1) is 11.3 Å². The van der Waals surface area contributed by atoms with Crippen molar-refractivity contribution in [3.05, 3.63) is 41.4 Å². The van der Waals surface area contributed by atoms with E-state index >= 15 is 0 Å². The Bertz CT molecular complexity index is 761. The second-order valence-electron chi connectivity index (χ2n) is 7.80. The normalized spacial score (nSPS) is 20.6. The maximum absolute atomic E-state index is 12.9. The van der Waals surface area contributed by atoms with Crippen LogP contribution >= 0.6 is 11.3 Å². The van der Waals surface area contributed by atoms with Crippen molar-refractivity contribution in [2.75, 3.05) is 26.2 Å². The van der Waals surface area contributed by atoms with Gasteiger partial charge < -0.3 is 10.6 Å². The Morgan fingerprint density at radius 2 is 1.78 bits per heavy atom. The van der Waals surface area contributed by atoms with E-state index < -0.39 is 5.54 Å². The smallest absolute Gasteiger partial charge is 0.242 e. The van der Waals surface area contributed by atoms with Gasteiger partial charge in [-0.1, -0.05) is 49.6 Å². The minimum absolute atomic E-state index is 0.168. The molecule has 1 saturated heterocycles. The van der Waals surface area contributed by atoms with E-state index in [4.69, 9.17) is 10.7 Å². The van der Waals surface area contributed by atoms with Crippen LogP contribution in [0.2, 0.25) is 0 Å². The van der Waals surface area contributed by atoms with Crippen LogP contribution < -0.4 is 5.73 Å². The molecule has 27 heavy (non-hydrogen) atoms. The Morgan fingerprint density at radius 1 is 1.07 bits per heavy atom. The second kappa shape index (κ2) is 8.09. The van der Waals surface area contributed by atoms with E-state index in [9.17, 15) is 4.79 Å². The van der Waals surface area contributed by atoms with Gasteiger partial charge in [0.1, 0.15) is 5.01 Å². The lowest BCUT2D eigenvalue weighted by Gasteiger charge is -2.40. The van der Waals surface area contributed by atoms with Crippen molar-refractivity contribution in [1.82, 2.24) is 14.8 Å². The van der Waals surface area contributed by atoms with Crippen LogP contribution in [0.4, 0.5) is 0 Å². The lowest BCUT2D eigenvalue weighted by molar-refractivity contribution is -0.140. The summed E-state index contributed by atoms with van der Waals surface area (Å²) < 4.78 is 0. The summed E-state index contributed by atoms with van der Waals surface area (Å²) >= 11 is 1.70. The number of nitrogens with two attached hydrogens (primary N) is 1. The molecule has 5 nitrogen and oxygen atoms in total. The lowest BCUT2D eigenvalue weighted by Crippen LogP contribution is -2.60. The number of aromatic nitrogens is 1. The molecule has 2 aromatic rings. The molecule has 2 heterocycles. The van der Waals surface area contributed by atoms with Gasteiger partial charge in [-0.3, -0.25) is 9.69 Å². The predicted octanol–water partition coefficient (Wildman–Crippen LogP) is 3.12. The zero-order valence-electron chi connectivity index (χ0n) is 15.8. The Morgan fingerprint density at radius 3 is 2.48 bits per heavy atom. The van der Waals surface area contributed by atoms with Crippen LogP contribution in [-0.2, 0) is 11.3 Å². The zero-order chi connectivity index (χ0) is 18.7. The van der Waals surface area contributed by atoms with Gasteiger partial charge in [-0.25, -0.2) is 4.98 Å². The Hall–Kier alpha value is -1.76. The van der Waals surface area contributed by atoms with Crippen LogP contribution in [0, 0.1) is 0 Å². The van der Waals surface area contributed by atoms with Crippen LogP contribution in [0.1, 0.15) is 37.8 Å². The first kappa shape index (κ1) is 18.6. The molecule has 1 aliphatic carbocycles. The van der Waals surface area contributed by atoms with Gasteiger partial charge in [-0.2, -0.15) is 0 Å². The SMILES string of the molecule is NC1(C(=O)N2CCN(Cc3csc(-c4ccccc4)n3)CC2)CCCCC1. The van der Waals surface area contributed by atoms with E-state index in [0.717, 1.165) is 69.1 Å². The summed E-state index contributed by atoms with van der Waals surface area (Å²) in [6.07, 6.45) is 5.05. The average molecular weight is 385 g/mol. The number of carbonyl (C=O) groups excluding carboxylic acids is 1. The first-order valence-electron chi connectivity index (χ1n) is 9.94. The minimum Gasteiger partial charge on any atom is -0.339 e. The van der Waals surface area contributed by atoms with Gasteiger partial charge in [0.15, 0.2) is 0 Å². The molecule has 0 unspecified atom stereocenters. The molecule has 2 aliphatic rings. The lowest BCUT2D eigenvalue weighted by atomic mass is 9.81. The average Bonchev–Trinajstić information content (AvgIpc) is 3.18. The van der Waals surface area contributed by atoms with Crippen LogP contribution in [0.5, 0.6) is 0 Å². The number of hydrogen-bond donors (Lipinski definition) is 1. The molecule has 6 heteroatoms. The fourth-order valence-corrected chi connectivity index (χ4v) is 4.96. The summed E-state index contributed by atoms with van der Waals surface area (Å²) in [7, 11) is 0. The Labute approximate surface area is 165 Å². The fraction of sp³-hybridized carbons (Fsp3) is 0.524. The molecule has 4 rings (SSSR count). The summed E-state index contributed by atoms with van der Waals surface area (Å²) in [4.78, 5) is 22.0. The van der Waals surface area contributed by atoms with E-state index in [0.29, 0.717) is 0 Å². The van der Waals surface area contributed by atoms with Crippen molar-refractivity contribution in [3.8, 4) is 10.6 Å². The number of hydrogen-bond acceptors (Lipinski definition) is 5. The van der Waals surface area contributed by atoms with Crippen molar-refractivity contribution in [2.24, 2.45) is 5.73 Å². The fourth-order valence-electron chi connectivity index (χ4n) is 4.14. The molecule has 0 spiro atoms. The van der Waals surface area contributed by atoms with Gasteiger partial charge in [-0.05, 0) is 12.8 Å². The molecule has 1 aromatic heterocycles. The molecule has 144 valence electrons. The highest BCUT2D eigenvalue weighted by Crippen LogP contribution is 2.28. The van der Waals surface area contributed by atoms with Crippen molar-refractivity contribution < 1.29 is 4.79 Å². The minimum atomic E-state index is -0.611. The third-order valence-corrected chi connectivity index (χ3v) is 6.73. The van der Waals surface area contributed by atoms with Crippen LogP contribution in [0.15, 0.2) is 35.7 Å². The van der Waals surface area contributed by atoms with E-state index in [2.05, 4.69) is 22.4 Å². The molecule has 0 atom stereocenters. The topological polar surface area (TPSA) is 62.5 Å². The maximum Gasteiger partial charge on any atom is 0.242 e. The number of rotatable bonds is 4. The molecule has 1 aliphatic heterocycles. The molecule has 2 N–H and O–H groups in total. The zero-order valence-corrected chi connectivity index (χ0v) is 16.6. The highest BCUT2D eigenvalue weighted by atomic mass is 32.1. The summed E-state index contributed by atoms with van der Waals surface area (Å²) in [5.74, 6) is 0.168. The number of thiazole rings is 1. The van der Waals surface area contributed by atoms with Gasteiger partial charge in [0.25, 0.3) is 0 Å². The van der Waals surface area contributed by atoms with Gasteiger partial charge >= 0.3 is 0 Å². The Balaban J connectivity index is 1.31. The maximum atomic E-state index is 12.9. The van der Waals surface area contributed by atoms with E-state index in [1.165, 1.54) is 12.0 Å². The van der Waals surface area contributed by atoms with E-state index in [1.54, 1.807) is 11.3 Å². The largest absolute Gasteiger partial charge is 0.339 e. The number of carbonyl (C=O) groups is 1. The highest BCUT2D eigenvalue weighted by molar-refractivity contribution is 7.13. The molecule has 0 bridgehead atoms. The molecular formula is C21H28N4OS. The molecule has 1 saturated carbocycles. The van der Waals surface area contributed by atoms with Gasteiger partial charge in [0, 0.05) is 43.7 Å². The first-order chi connectivity index (χ1) is 13.1. The third-order valence-electron chi connectivity index (χ3n) is 5.79. The third kappa shape index (κ3) is 4.23. The number of nitrogens with zero attached hydrogens (tertiary/aromatic N) is 3. The summed E-state index contributed by atoms with van der Waals surface area (Å²) in [5.41, 5.74) is 8.11. The summed E-state index contributed by atoms with van der Waals surface area (Å²) in [6, 6.07) is 10.3. The van der Waals surface area contributed by atoms with Gasteiger partial charge in [0.2, 0.25) is 5.91 Å². The molecular weight excluding hydrogens is 356 g/mol. The van der Waals surface area contributed by atoms with Crippen molar-refractivity contribution in [2.45, 2.75) is 44.2 Å². The van der Waals surface area contributed by atoms with Crippen molar-refractivity contribution >= 4 is 17.2 Å². The standard InChI is InChI=1S/C21H28N4OS/c22-21(9-5-2-6-10-21)20(26)25-13-11-24(12-14-25)15-18-16-27-19(23-18)17-7-3-1-4-8-17/h1,3-4,7-8,16H,2,5-6,9-15,22H2. The highest BCUT2D eigenvalue weighted by Gasteiger charge is 2.39. The quantitative estimate of drug-likeness (QED) is 0.880. The van der Waals surface area contributed by atoms with E-state index in [-0.39, 0.29) is 5.91 Å². The van der Waals surface area contributed by atoms with Crippen LogP contribution in [-0.4, -0.2) is 52.4 Å². The molecule has 1 aromatic carbocycles. The Kier molecular flexibility index (Phi) is 5.57. The molecule has 1 amide bonds. The number of benzene rings is 1. The molecule has 2 fully saturated rings. The molecule has 0 radical (unpaired) electrons. The van der Waals surface area contributed by atoms with Crippen LogP contribution in [0.25, 0.3) is 10.6 Å². The van der Waals surface area contributed by atoms with Crippen molar-refractivity contribution in [3.63, 3.8) is 0 Å². The first-order valence-corrected chi connectivity index (χ1v) is 10.8. The number of amides is 1.